The number of hydrogen-bond donors (Lipinski definition) is 2. The van der Waals surface area contributed by atoms with Crippen molar-refractivity contribution in [1.29, 1.82) is 0 Å². The Morgan fingerprint density at radius 3 is 2.41 bits per heavy atom. The Morgan fingerprint density at radius 1 is 1.02 bits per heavy atom. The fourth-order valence-electron chi connectivity index (χ4n) is 5.05. The van der Waals surface area contributed by atoms with Crippen LogP contribution >= 0.6 is 11.6 Å². The van der Waals surface area contributed by atoms with E-state index in [1.165, 1.54) is 12.1 Å². The highest BCUT2D eigenvalue weighted by atomic mass is 35.5. The molecule has 1 amide bonds. The maximum absolute atomic E-state index is 14.3. The summed E-state index contributed by atoms with van der Waals surface area (Å²) >= 11 is 6.05. The largest absolute Gasteiger partial charge is 0.504 e. The molecule has 0 radical (unpaired) electrons. The molecule has 2 aromatic carbocycles. The Balaban J connectivity index is 1.42. The Bertz CT molecular complexity index is 1680. The molecule has 0 aliphatic carbocycles. The summed E-state index contributed by atoms with van der Waals surface area (Å²) in [4.78, 5) is 38.6. The molecule has 230 valence electrons. The van der Waals surface area contributed by atoms with Gasteiger partial charge in [0.2, 0.25) is 0 Å². The second kappa shape index (κ2) is 12.7. The van der Waals surface area contributed by atoms with Gasteiger partial charge in [-0.3, -0.25) is 9.78 Å². The Morgan fingerprint density at radius 2 is 1.77 bits per heavy atom. The zero-order valence-electron chi connectivity index (χ0n) is 25.2. The van der Waals surface area contributed by atoms with E-state index in [1.807, 2.05) is 45.9 Å². The molecule has 0 unspecified atom stereocenters. The van der Waals surface area contributed by atoms with Gasteiger partial charge in [0.15, 0.2) is 17.3 Å². The minimum Gasteiger partial charge on any atom is -0.504 e. The molecule has 1 saturated heterocycles. The Kier molecular flexibility index (Phi) is 8.92. The van der Waals surface area contributed by atoms with Crippen molar-refractivity contribution in [3.63, 3.8) is 0 Å². The van der Waals surface area contributed by atoms with Crippen LogP contribution in [0.3, 0.4) is 0 Å². The SMILES string of the molecule is CCCC(=O)c1cnc2ccc(-c3cc(F)c(O)c(Cl)c3)cc2c1Nc1ccc(N2CCN(C(=O)OC(C)(C)C)CC2)nc1. The summed E-state index contributed by atoms with van der Waals surface area (Å²) in [5, 5.41) is 13.7. The lowest BCUT2D eigenvalue weighted by molar-refractivity contribution is 0.0240. The molecule has 0 saturated carbocycles. The zero-order chi connectivity index (χ0) is 31.6. The molecule has 0 bridgehead atoms. The molecule has 44 heavy (non-hydrogen) atoms. The number of pyridine rings is 2. The number of carbonyl (C=O) groups excluding carboxylic acids is 2. The number of amides is 1. The molecule has 11 heteroatoms. The van der Waals surface area contributed by atoms with E-state index >= 15 is 0 Å². The van der Waals surface area contributed by atoms with Gasteiger partial charge in [-0.2, -0.15) is 0 Å². The van der Waals surface area contributed by atoms with Crippen molar-refractivity contribution < 1.29 is 23.8 Å². The number of carbonyl (C=O) groups is 2. The van der Waals surface area contributed by atoms with Crippen LogP contribution in [0.4, 0.5) is 26.4 Å². The number of hydrogen-bond acceptors (Lipinski definition) is 8. The number of ketones is 1. The topological polar surface area (TPSA) is 108 Å². The number of phenols is 1. The van der Waals surface area contributed by atoms with E-state index in [4.69, 9.17) is 16.3 Å². The monoisotopic (exact) mass is 619 g/mol. The predicted octanol–water partition coefficient (Wildman–Crippen LogP) is 7.58. The van der Waals surface area contributed by atoms with E-state index in [1.54, 1.807) is 29.4 Å². The van der Waals surface area contributed by atoms with Crippen LogP contribution in [-0.2, 0) is 4.74 Å². The average Bonchev–Trinajstić information content (AvgIpc) is 2.99. The van der Waals surface area contributed by atoms with Crippen molar-refractivity contribution in [2.75, 3.05) is 36.4 Å². The van der Waals surface area contributed by atoms with Crippen molar-refractivity contribution >= 4 is 51.6 Å². The van der Waals surface area contributed by atoms with Gasteiger partial charge in [-0.05, 0) is 74.7 Å². The number of aromatic nitrogens is 2. The first-order chi connectivity index (χ1) is 20.9. The molecule has 9 nitrogen and oxygen atoms in total. The second-order valence-corrected chi connectivity index (χ2v) is 12.1. The van der Waals surface area contributed by atoms with Gasteiger partial charge < -0.3 is 25.0 Å². The van der Waals surface area contributed by atoms with E-state index < -0.39 is 17.2 Å². The van der Waals surface area contributed by atoms with Crippen molar-refractivity contribution in [2.45, 2.75) is 46.1 Å². The highest BCUT2D eigenvalue weighted by Gasteiger charge is 2.26. The minimum atomic E-state index is -0.826. The standard InChI is InChI=1S/C33H35ClFN5O4/c1-5-6-28(41)24-19-36-27-9-7-20(21-16-25(34)31(42)26(35)17-21)15-23(27)30(24)38-22-8-10-29(37-18-22)39-11-13-40(14-12-39)32(43)44-33(2,3)4/h7-10,15-19,42H,5-6,11-14H2,1-4H3,(H,36,38). The number of nitrogens with one attached hydrogen (secondary N) is 1. The molecule has 1 aliphatic rings. The number of ether oxygens (including phenoxy) is 1. The summed E-state index contributed by atoms with van der Waals surface area (Å²) in [5.74, 6) is -0.711. The van der Waals surface area contributed by atoms with E-state index in [9.17, 15) is 19.1 Å². The highest BCUT2D eigenvalue weighted by molar-refractivity contribution is 6.32. The first-order valence-corrected chi connectivity index (χ1v) is 14.9. The van der Waals surface area contributed by atoms with E-state index in [2.05, 4.69) is 20.2 Å². The van der Waals surface area contributed by atoms with E-state index in [0.717, 1.165) is 5.82 Å². The number of rotatable bonds is 7. The molecule has 5 rings (SSSR count). The summed E-state index contributed by atoms with van der Waals surface area (Å²) in [6, 6.07) is 11.9. The molecule has 1 aliphatic heterocycles. The quantitative estimate of drug-likeness (QED) is 0.204. The number of piperazine rings is 1. The minimum absolute atomic E-state index is 0.0547. The molecule has 4 aromatic rings. The van der Waals surface area contributed by atoms with Gasteiger partial charge in [-0.15, -0.1) is 0 Å². The predicted molar refractivity (Wildman–Crippen MR) is 171 cm³/mol. The van der Waals surface area contributed by atoms with Crippen LogP contribution < -0.4 is 10.2 Å². The van der Waals surface area contributed by atoms with E-state index in [0.29, 0.717) is 78.0 Å². The normalized spacial score (nSPS) is 13.7. The third-order valence-corrected chi connectivity index (χ3v) is 7.56. The maximum Gasteiger partial charge on any atom is 0.410 e. The zero-order valence-corrected chi connectivity index (χ0v) is 25.9. The van der Waals surface area contributed by atoms with E-state index in [-0.39, 0.29) is 16.9 Å². The smallest absolute Gasteiger partial charge is 0.410 e. The Hall–Kier alpha value is -4.44. The third kappa shape index (κ3) is 6.86. The van der Waals surface area contributed by atoms with Crippen molar-refractivity contribution in [3.05, 3.63) is 71.3 Å². The summed E-state index contributed by atoms with van der Waals surface area (Å²) < 4.78 is 19.8. The van der Waals surface area contributed by atoms with Crippen molar-refractivity contribution in [2.24, 2.45) is 0 Å². The summed E-state index contributed by atoms with van der Waals surface area (Å²) in [5.41, 5.74) is 2.89. The first kappa shape index (κ1) is 31.0. The van der Waals surface area contributed by atoms with Crippen LogP contribution in [0.2, 0.25) is 5.02 Å². The number of halogens is 2. The lowest BCUT2D eigenvalue weighted by Crippen LogP contribution is -2.50. The highest BCUT2D eigenvalue weighted by Crippen LogP contribution is 2.36. The number of benzene rings is 2. The molecule has 0 atom stereocenters. The summed E-state index contributed by atoms with van der Waals surface area (Å²) in [6.45, 7) is 9.79. The van der Waals surface area contributed by atoms with Crippen LogP contribution in [0.5, 0.6) is 5.75 Å². The lowest BCUT2D eigenvalue weighted by Gasteiger charge is -2.36. The summed E-state index contributed by atoms with van der Waals surface area (Å²) in [7, 11) is 0. The van der Waals surface area contributed by atoms with Crippen LogP contribution in [0.25, 0.3) is 22.0 Å². The number of aromatic hydroxyl groups is 1. The third-order valence-electron chi connectivity index (χ3n) is 7.27. The van der Waals surface area contributed by atoms with Crippen molar-refractivity contribution in [1.82, 2.24) is 14.9 Å². The van der Waals surface area contributed by atoms with Crippen LogP contribution in [-0.4, -0.2) is 63.6 Å². The maximum atomic E-state index is 14.3. The van der Waals surface area contributed by atoms with Gasteiger partial charge in [0, 0.05) is 44.2 Å². The van der Waals surface area contributed by atoms with Crippen LogP contribution in [0.1, 0.15) is 50.9 Å². The van der Waals surface area contributed by atoms with Crippen LogP contribution in [0, 0.1) is 5.82 Å². The van der Waals surface area contributed by atoms with Crippen LogP contribution in [0.15, 0.2) is 54.9 Å². The molecule has 2 aromatic heterocycles. The van der Waals surface area contributed by atoms with Gasteiger partial charge in [-0.1, -0.05) is 24.6 Å². The number of phenolic OH excluding ortho intramolecular Hbond substituents is 1. The van der Waals surface area contributed by atoms with Gasteiger partial charge in [0.05, 0.1) is 33.7 Å². The average molecular weight is 620 g/mol. The molecule has 0 spiro atoms. The molecule has 2 N–H and O–H groups in total. The van der Waals surface area contributed by atoms with Gasteiger partial charge in [0.1, 0.15) is 11.4 Å². The molecule has 3 heterocycles. The number of nitrogens with zero attached hydrogens (tertiary/aromatic N) is 4. The summed E-state index contributed by atoms with van der Waals surface area (Å²) in [6.07, 6.45) is 4.00. The first-order valence-electron chi connectivity index (χ1n) is 14.5. The number of anilines is 3. The second-order valence-electron chi connectivity index (χ2n) is 11.7. The molecular weight excluding hydrogens is 585 g/mol. The fourth-order valence-corrected chi connectivity index (χ4v) is 5.26. The Labute approximate surface area is 260 Å². The number of Topliss-reactive ketones (excluding diaryl/α,β-unsaturated/α-hetero) is 1. The number of fused-ring (bicyclic) bond motifs is 1. The lowest BCUT2D eigenvalue weighted by atomic mass is 9.99. The van der Waals surface area contributed by atoms with Gasteiger partial charge in [-0.25, -0.2) is 14.2 Å². The molecule has 1 fully saturated rings. The fraction of sp³-hybridized carbons (Fsp3) is 0.333. The molecular formula is C33H35ClFN5O4. The van der Waals surface area contributed by atoms with Gasteiger partial charge >= 0.3 is 6.09 Å². The van der Waals surface area contributed by atoms with Crippen molar-refractivity contribution in [3.8, 4) is 16.9 Å². The van der Waals surface area contributed by atoms with Gasteiger partial charge in [0.25, 0.3) is 0 Å².